The van der Waals surface area contributed by atoms with Crippen LogP contribution < -0.4 is 0 Å². The van der Waals surface area contributed by atoms with Gasteiger partial charge in [0.2, 0.25) is 0 Å². The quantitative estimate of drug-likeness (QED) is 0.452. The van der Waals surface area contributed by atoms with Crippen LogP contribution >= 0.6 is 23.1 Å². The first-order valence-electron chi connectivity index (χ1n) is 7.13. The van der Waals surface area contributed by atoms with Crippen molar-refractivity contribution in [3.63, 3.8) is 0 Å². The number of nitrogens with zero attached hydrogens (tertiary/aromatic N) is 5. The molecule has 1 fully saturated rings. The largest absolute Gasteiger partial charge is 0.464 e. The zero-order valence-electron chi connectivity index (χ0n) is 12.9. The molecular formula is C13H13N5O5S2. The number of ether oxygens (including phenoxy) is 1. The van der Waals surface area contributed by atoms with Crippen molar-refractivity contribution in [3.8, 4) is 0 Å². The molecule has 1 aromatic heterocycles. The first-order chi connectivity index (χ1) is 11.9. The lowest BCUT2D eigenvalue weighted by molar-refractivity contribution is 0.108. The summed E-state index contributed by atoms with van der Waals surface area (Å²) >= 11 is 2.40. The van der Waals surface area contributed by atoms with Crippen LogP contribution in [0.2, 0.25) is 0 Å². The van der Waals surface area contributed by atoms with Crippen molar-refractivity contribution >= 4 is 46.1 Å². The number of aliphatic imine (C=N–C) groups is 1. The summed E-state index contributed by atoms with van der Waals surface area (Å²) in [6.07, 6.45) is -3.34. The molecule has 1 aromatic rings. The number of azide groups is 1. The number of fused-ring (bicyclic) bond motifs is 1. The Labute approximate surface area is 149 Å². The molecule has 1 saturated heterocycles. The molecule has 132 valence electrons. The Kier molecular flexibility index (Phi) is 4.60. The van der Waals surface area contributed by atoms with Crippen LogP contribution in [0.5, 0.6) is 0 Å². The van der Waals surface area contributed by atoms with E-state index in [9.17, 15) is 19.8 Å². The van der Waals surface area contributed by atoms with Gasteiger partial charge in [0.25, 0.3) is 0 Å². The van der Waals surface area contributed by atoms with Gasteiger partial charge in [-0.3, -0.25) is 0 Å². The number of rotatable bonds is 2. The number of hydrogen-bond acceptors (Lipinski definition) is 7. The van der Waals surface area contributed by atoms with Crippen molar-refractivity contribution in [1.29, 1.82) is 0 Å². The molecule has 3 atom stereocenters. The Morgan fingerprint density at radius 3 is 2.88 bits per heavy atom. The number of thiophene rings is 1. The number of amidine groups is 1. The van der Waals surface area contributed by atoms with Crippen molar-refractivity contribution in [2.24, 2.45) is 16.0 Å². The minimum Gasteiger partial charge on any atom is -0.464 e. The van der Waals surface area contributed by atoms with Crippen LogP contribution in [-0.4, -0.2) is 50.9 Å². The van der Waals surface area contributed by atoms with E-state index in [2.05, 4.69) is 15.0 Å². The lowest BCUT2D eigenvalue weighted by Gasteiger charge is -2.35. The third-order valence-corrected chi connectivity index (χ3v) is 6.32. The normalized spacial score (nSPS) is 27.8. The molecule has 0 saturated carbocycles. The highest BCUT2D eigenvalue weighted by atomic mass is 32.2. The molecular weight excluding hydrogens is 370 g/mol. The van der Waals surface area contributed by atoms with Gasteiger partial charge in [0.05, 0.1) is 12.7 Å². The molecule has 0 bridgehead atoms. The zero-order valence-corrected chi connectivity index (χ0v) is 14.5. The molecule has 0 spiro atoms. The van der Waals surface area contributed by atoms with Crippen molar-refractivity contribution in [3.05, 3.63) is 26.8 Å². The minimum atomic E-state index is -1.61. The molecule has 2 aliphatic rings. The van der Waals surface area contributed by atoms with E-state index in [0.717, 1.165) is 16.6 Å². The van der Waals surface area contributed by atoms with Gasteiger partial charge in [0, 0.05) is 32.5 Å². The van der Waals surface area contributed by atoms with E-state index in [4.69, 9.17) is 10.3 Å². The van der Waals surface area contributed by atoms with Gasteiger partial charge >= 0.3 is 12.2 Å². The summed E-state index contributed by atoms with van der Waals surface area (Å²) in [5, 5.41) is 23.5. The Morgan fingerprint density at radius 1 is 1.52 bits per heavy atom. The monoisotopic (exact) mass is 383 g/mol. The van der Waals surface area contributed by atoms with E-state index in [-0.39, 0.29) is 28.7 Å². The standard InChI is InChI=1S/C13H13N5O5S2/c1-6-8-4-25-10(18(11(19)20)12(21)22)15-13(8,5-23-6)9-2-7(3-24-9)16-17-14/h2-3,6,8H,4-5H2,1H3,(H,19,20)(H,21,22). The first kappa shape index (κ1) is 17.5. The topological polar surface area (TPSA) is 148 Å². The number of carbonyl (C=O) groups is 2. The van der Waals surface area contributed by atoms with Crippen LogP contribution in [-0.2, 0) is 10.3 Å². The summed E-state index contributed by atoms with van der Waals surface area (Å²) in [7, 11) is 0. The maximum absolute atomic E-state index is 11.3. The highest BCUT2D eigenvalue weighted by Gasteiger charge is 2.53. The second-order valence-corrected chi connectivity index (χ2v) is 7.41. The van der Waals surface area contributed by atoms with Gasteiger partial charge < -0.3 is 14.9 Å². The molecule has 0 aliphatic carbocycles. The van der Waals surface area contributed by atoms with E-state index >= 15 is 0 Å². The van der Waals surface area contributed by atoms with Crippen LogP contribution in [0.15, 0.2) is 21.6 Å². The summed E-state index contributed by atoms with van der Waals surface area (Å²) < 4.78 is 5.75. The summed E-state index contributed by atoms with van der Waals surface area (Å²) in [5.41, 5.74) is 8.11. The lowest BCUT2D eigenvalue weighted by atomic mass is 9.84. The molecule has 3 unspecified atom stereocenters. The molecule has 2 amide bonds. The van der Waals surface area contributed by atoms with E-state index in [0.29, 0.717) is 11.4 Å². The molecule has 3 rings (SSSR count). The van der Waals surface area contributed by atoms with E-state index < -0.39 is 17.7 Å². The molecule has 2 aliphatic heterocycles. The summed E-state index contributed by atoms with van der Waals surface area (Å²) in [4.78, 5) is 30.8. The van der Waals surface area contributed by atoms with Gasteiger partial charge in [-0.15, -0.1) is 11.3 Å². The fourth-order valence-electron chi connectivity index (χ4n) is 2.95. The van der Waals surface area contributed by atoms with Gasteiger partial charge in [-0.2, -0.15) is 4.90 Å². The lowest BCUT2D eigenvalue weighted by Crippen LogP contribution is -2.46. The fraction of sp³-hybridized carbons (Fsp3) is 0.462. The SMILES string of the molecule is CC1OCC2(c3cc(N=[N+]=[N-])cs3)N=C(N(C(=O)O)C(=O)O)SCC12. The maximum atomic E-state index is 11.3. The minimum absolute atomic E-state index is 0.0525. The molecule has 2 N–H and O–H groups in total. The summed E-state index contributed by atoms with van der Waals surface area (Å²) in [5.74, 6) is 0.412. The predicted molar refractivity (Wildman–Crippen MR) is 91.5 cm³/mol. The Balaban J connectivity index is 2.10. The predicted octanol–water partition coefficient (Wildman–Crippen LogP) is 3.68. The van der Waals surface area contributed by atoms with Crippen LogP contribution in [0.4, 0.5) is 15.3 Å². The van der Waals surface area contributed by atoms with Gasteiger partial charge in [-0.25, -0.2) is 14.6 Å². The average molecular weight is 383 g/mol. The van der Waals surface area contributed by atoms with Crippen molar-refractivity contribution < 1.29 is 24.5 Å². The first-order valence-corrected chi connectivity index (χ1v) is 9.00. The average Bonchev–Trinajstić information content (AvgIpc) is 3.13. The highest BCUT2D eigenvalue weighted by molar-refractivity contribution is 8.13. The van der Waals surface area contributed by atoms with Crippen LogP contribution in [0, 0.1) is 5.92 Å². The number of amides is 2. The van der Waals surface area contributed by atoms with E-state index in [1.165, 1.54) is 11.3 Å². The van der Waals surface area contributed by atoms with Gasteiger partial charge in [-0.05, 0) is 18.5 Å². The van der Waals surface area contributed by atoms with Crippen molar-refractivity contribution in [2.45, 2.75) is 18.6 Å². The van der Waals surface area contributed by atoms with Crippen LogP contribution in [0.25, 0.3) is 10.4 Å². The third kappa shape index (κ3) is 2.93. The molecule has 0 radical (unpaired) electrons. The number of carboxylic acid groups (broad SMARTS) is 2. The van der Waals surface area contributed by atoms with Gasteiger partial charge in [-0.1, -0.05) is 16.9 Å². The van der Waals surface area contributed by atoms with Crippen LogP contribution in [0.1, 0.15) is 11.8 Å². The number of imide groups is 1. The number of thioether (sulfide) groups is 1. The van der Waals surface area contributed by atoms with Gasteiger partial charge in [0.1, 0.15) is 5.54 Å². The summed E-state index contributed by atoms with van der Waals surface area (Å²) in [6, 6.07) is 1.68. The third-order valence-electron chi connectivity index (χ3n) is 4.18. The van der Waals surface area contributed by atoms with E-state index in [1.807, 2.05) is 6.92 Å². The Bertz CT molecular complexity index is 790. The molecule has 3 heterocycles. The highest BCUT2D eigenvalue weighted by Crippen LogP contribution is 2.50. The second-order valence-electron chi connectivity index (χ2n) is 5.51. The number of hydrogen-bond donors (Lipinski definition) is 2. The second kappa shape index (κ2) is 6.56. The Morgan fingerprint density at radius 2 is 2.24 bits per heavy atom. The molecule has 0 aromatic carbocycles. The summed E-state index contributed by atoms with van der Waals surface area (Å²) in [6.45, 7) is 2.10. The molecule has 25 heavy (non-hydrogen) atoms. The smallest absolute Gasteiger partial charge is 0.423 e. The Hall–Kier alpha value is -2.27. The van der Waals surface area contributed by atoms with E-state index in [1.54, 1.807) is 11.4 Å². The maximum Gasteiger partial charge on any atom is 0.423 e. The fourth-order valence-corrected chi connectivity index (χ4v) is 5.35. The van der Waals surface area contributed by atoms with Crippen molar-refractivity contribution in [2.75, 3.05) is 12.4 Å². The molecule has 12 heteroatoms. The zero-order chi connectivity index (χ0) is 18.2. The van der Waals surface area contributed by atoms with Gasteiger partial charge in [0.15, 0.2) is 5.17 Å². The molecule has 10 nitrogen and oxygen atoms in total. The van der Waals surface area contributed by atoms with Crippen LogP contribution in [0.3, 0.4) is 0 Å². The van der Waals surface area contributed by atoms with Crippen molar-refractivity contribution in [1.82, 2.24) is 4.90 Å².